The van der Waals surface area contributed by atoms with Crippen LogP contribution in [0.5, 0.6) is 0 Å². The topological polar surface area (TPSA) is 76.0 Å². The smallest absolute Gasteiger partial charge is 0.270 e. The number of para-hydroxylation sites is 1. The number of hydrogen-bond acceptors (Lipinski definition) is 3. The van der Waals surface area contributed by atoms with E-state index in [4.69, 9.17) is 0 Å². The summed E-state index contributed by atoms with van der Waals surface area (Å²) >= 11 is 0. The van der Waals surface area contributed by atoms with Gasteiger partial charge in [0.1, 0.15) is 5.69 Å². The van der Waals surface area contributed by atoms with Crippen LogP contribution in [0.15, 0.2) is 66.7 Å². The number of amides is 2. The van der Waals surface area contributed by atoms with E-state index < -0.39 is 0 Å². The second-order valence-electron chi connectivity index (χ2n) is 6.06. The van der Waals surface area contributed by atoms with Crippen molar-refractivity contribution in [1.29, 1.82) is 0 Å². The van der Waals surface area contributed by atoms with E-state index in [9.17, 15) is 9.59 Å². The van der Waals surface area contributed by atoms with Gasteiger partial charge >= 0.3 is 0 Å². The Morgan fingerprint density at radius 3 is 2.30 bits per heavy atom. The number of aromatic nitrogens is 2. The van der Waals surface area contributed by atoms with Crippen molar-refractivity contribution in [3.05, 3.63) is 72.4 Å². The van der Waals surface area contributed by atoms with E-state index in [0.717, 1.165) is 17.7 Å². The Labute approximate surface area is 158 Å². The summed E-state index contributed by atoms with van der Waals surface area (Å²) in [6, 6.07) is 20.8. The van der Waals surface area contributed by atoms with Crippen LogP contribution in [0, 0.1) is 0 Å². The molecular weight excluding hydrogens is 340 g/mol. The fourth-order valence-electron chi connectivity index (χ4n) is 2.64. The van der Waals surface area contributed by atoms with Crippen LogP contribution in [-0.4, -0.2) is 34.7 Å². The van der Waals surface area contributed by atoms with E-state index in [1.807, 2.05) is 67.6 Å². The van der Waals surface area contributed by atoms with Gasteiger partial charge in [-0.05, 0) is 24.6 Å². The van der Waals surface area contributed by atoms with Gasteiger partial charge in [-0.3, -0.25) is 9.59 Å². The van der Waals surface area contributed by atoms with Crippen LogP contribution in [0.2, 0.25) is 0 Å². The molecule has 3 aromatic rings. The van der Waals surface area contributed by atoms with Gasteiger partial charge in [0.2, 0.25) is 5.91 Å². The zero-order valence-corrected chi connectivity index (χ0v) is 15.2. The van der Waals surface area contributed by atoms with Crippen LogP contribution in [0.1, 0.15) is 23.8 Å². The molecule has 0 radical (unpaired) electrons. The third-order valence-electron chi connectivity index (χ3n) is 3.99. The molecule has 2 aromatic carbocycles. The van der Waals surface area contributed by atoms with Gasteiger partial charge in [0.15, 0.2) is 0 Å². The van der Waals surface area contributed by atoms with Gasteiger partial charge in [-0.1, -0.05) is 55.5 Å². The van der Waals surface area contributed by atoms with Gasteiger partial charge in [-0.2, -0.15) is 5.10 Å². The molecule has 0 bridgehead atoms. The molecule has 0 spiro atoms. The van der Waals surface area contributed by atoms with Crippen molar-refractivity contribution in [2.75, 3.05) is 13.1 Å². The summed E-state index contributed by atoms with van der Waals surface area (Å²) in [4.78, 5) is 24.5. The van der Waals surface area contributed by atoms with E-state index in [1.165, 1.54) is 0 Å². The maximum atomic E-state index is 12.7. The minimum Gasteiger partial charge on any atom is -0.355 e. The van der Waals surface area contributed by atoms with Crippen molar-refractivity contribution in [3.63, 3.8) is 0 Å². The van der Waals surface area contributed by atoms with Crippen molar-refractivity contribution < 1.29 is 9.59 Å². The summed E-state index contributed by atoms with van der Waals surface area (Å²) in [5.74, 6) is -0.556. The Kier molecular flexibility index (Phi) is 5.99. The zero-order valence-electron chi connectivity index (χ0n) is 15.2. The first-order chi connectivity index (χ1) is 13.2. The van der Waals surface area contributed by atoms with Crippen molar-refractivity contribution in [1.82, 2.24) is 20.4 Å². The summed E-state index contributed by atoms with van der Waals surface area (Å²) in [7, 11) is 0. The Balaban J connectivity index is 1.87. The van der Waals surface area contributed by atoms with Crippen molar-refractivity contribution in [2.24, 2.45) is 0 Å². The SMILES string of the molecule is CCCNC(=O)CNC(=O)c1cc(-c2ccccc2)nn1-c1ccccc1. The Morgan fingerprint density at radius 1 is 0.963 bits per heavy atom. The number of nitrogens with one attached hydrogen (secondary N) is 2. The van der Waals surface area contributed by atoms with Gasteiger partial charge in [0.25, 0.3) is 5.91 Å². The van der Waals surface area contributed by atoms with Crippen molar-refractivity contribution >= 4 is 11.8 Å². The van der Waals surface area contributed by atoms with Crippen LogP contribution in [0.4, 0.5) is 0 Å². The van der Waals surface area contributed by atoms with E-state index in [-0.39, 0.29) is 18.4 Å². The maximum absolute atomic E-state index is 12.7. The molecule has 0 unspecified atom stereocenters. The number of benzene rings is 2. The largest absolute Gasteiger partial charge is 0.355 e. The van der Waals surface area contributed by atoms with Crippen LogP contribution < -0.4 is 10.6 Å². The van der Waals surface area contributed by atoms with Crippen molar-refractivity contribution in [2.45, 2.75) is 13.3 Å². The van der Waals surface area contributed by atoms with Crippen LogP contribution in [-0.2, 0) is 4.79 Å². The number of nitrogens with zero attached hydrogens (tertiary/aromatic N) is 2. The Hall–Kier alpha value is -3.41. The fourth-order valence-corrected chi connectivity index (χ4v) is 2.64. The average molecular weight is 362 g/mol. The predicted molar refractivity (Wildman–Crippen MR) is 105 cm³/mol. The maximum Gasteiger partial charge on any atom is 0.270 e. The minimum atomic E-state index is -0.347. The fraction of sp³-hybridized carbons (Fsp3) is 0.190. The van der Waals surface area contributed by atoms with Gasteiger partial charge in [-0.25, -0.2) is 4.68 Å². The summed E-state index contributed by atoms with van der Waals surface area (Å²) in [5.41, 5.74) is 2.77. The van der Waals surface area contributed by atoms with Gasteiger partial charge < -0.3 is 10.6 Å². The average Bonchev–Trinajstić information content (AvgIpc) is 3.17. The molecule has 0 saturated carbocycles. The molecule has 0 saturated heterocycles. The highest BCUT2D eigenvalue weighted by molar-refractivity contribution is 5.96. The van der Waals surface area contributed by atoms with Gasteiger partial charge in [-0.15, -0.1) is 0 Å². The van der Waals surface area contributed by atoms with E-state index in [2.05, 4.69) is 15.7 Å². The molecule has 0 atom stereocenters. The third-order valence-corrected chi connectivity index (χ3v) is 3.99. The normalized spacial score (nSPS) is 10.4. The molecule has 6 nitrogen and oxygen atoms in total. The molecule has 1 aromatic heterocycles. The second kappa shape index (κ2) is 8.80. The monoisotopic (exact) mass is 362 g/mol. The molecule has 2 amide bonds. The number of rotatable bonds is 7. The second-order valence-corrected chi connectivity index (χ2v) is 6.06. The van der Waals surface area contributed by atoms with Crippen LogP contribution in [0.25, 0.3) is 16.9 Å². The van der Waals surface area contributed by atoms with Crippen molar-refractivity contribution in [3.8, 4) is 16.9 Å². The van der Waals surface area contributed by atoms with Gasteiger partial charge in [0, 0.05) is 12.1 Å². The van der Waals surface area contributed by atoms with E-state index in [0.29, 0.717) is 17.9 Å². The molecule has 0 aliphatic heterocycles. The molecule has 2 N–H and O–H groups in total. The van der Waals surface area contributed by atoms with Crippen LogP contribution in [0.3, 0.4) is 0 Å². The summed E-state index contributed by atoms with van der Waals surface area (Å²) in [6.07, 6.45) is 0.848. The lowest BCUT2D eigenvalue weighted by Crippen LogP contribution is -2.37. The summed E-state index contributed by atoms with van der Waals surface area (Å²) in [6.45, 7) is 2.50. The summed E-state index contributed by atoms with van der Waals surface area (Å²) < 4.78 is 1.60. The molecule has 138 valence electrons. The Morgan fingerprint density at radius 2 is 1.63 bits per heavy atom. The first kappa shape index (κ1) is 18.4. The molecule has 6 heteroatoms. The van der Waals surface area contributed by atoms with Gasteiger partial charge in [0.05, 0.1) is 17.9 Å². The zero-order chi connectivity index (χ0) is 19.1. The summed E-state index contributed by atoms with van der Waals surface area (Å²) in [5, 5.41) is 10.0. The van der Waals surface area contributed by atoms with E-state index in [1.54, 1.807) is 10.7 Å². The molecule has 1 heterocycles. The highest BCUT2D eigenvalue weighted by atomic mass is 16.2. The number of hydrogen-bond donors (Lipinski definition) is 2. The molecule has 0 fully saturated rings. The highest BCUT2D eigenvalue weighted by Crippen LogP contribution is 2.21. The molecule has 0 aliphatic rings. The standard InChI is InChI=1S/C21H22N4O2/c1-2-13-22-20(26)15-23-21(27)19-14-18(16-9-5-3-6-10-16)24-25(19)17-11-7-4-8-12-17/h3-12,14H,2,13,15H2,1H3,(H,22,26)(H,23,27). The van der Waals surface area contributed by atoms with E-state index >= 15 is 0 Å². The lowest BCUT2D eigenvalue weighted by molar-refractivity contribution is -0.120. The first-order valence-corrected chi connectivity index (χ1v) is 8.95. The molecule has 3 rings (SSSR count). The van der Waals surface area contributed by atoms with Crippen LogP contribution >= 0.6 is 0 Å². The third kappa shape index (κ3) is 4.61. The molecule has 0 aliphatic carbocycles. The first-order valence-electron chi connectivity index (χ1n) is 8.95. The minimum absolute atomic E-state index is 0.0700. The lowest BCUT2D eigenvalue weighted by Gasteiger charge is -2.08. The lowest BCUT2D eigenvalue weighted by atomic mass is 10.1. The molecular formula is C21H22N4O2. The quantitative estimate of drug-likeness (QED) is 0.679. The Bertz CT molecular complexity index is 904. The highest BCUT2D eigenvalue weighted by Gasteiger charge is 2.18. The molecule has 27 heavy (non-hydrogen) atoms. The predicted octanol–water partition coefficient (Wildman–Crippen LogP) is 2.80. The number of carbonyl (C=O) groups is 2. The number of carbonyl (C=O) groups excluding carboxylic acids is 2.